The summed E-state index contributed by atoms with van der Waals surface area (Å²) >= 11 is 0. The van der Waals surface area contributed by atoms with E-state index < -0.39 is 10.7 Å². The van der Waals surface area contributed by atoms with Gasteiger partial charge >= 0.3 is 0 Å². The van der Waals surface area contributed by atoms with E-state index in [1.54, 1.807) is 0 Å². The Morgan fingerprint density at radius 3 is 2.92 bits per heavy atom. The number of halogens is 1. The zero-order chi connectivity index (χ0) is 18.3. The number of nitrogens with one attached hydrogen (secondary N) is 1. The number of nitro benzene ring substituents is 1. The molecule has 0 atom stereocenters. The normalized spacial score (nSPS) is 17.1. The minimum absolute atomic E-state index is 0.0770. The molecule has 2 aromatic rings. The summed E-state index contributed by atoms with van der Waals surface area (Å²) in [4.78, 5) is 32.1. The number of aromatic amines is 1. The van der Waals surface area contributed by atoms with Gasteiger partial charge in [0, 0.05) is 49.3 Å². The van der Waals surface area contributed by atoms with Gasteiger partial charge in [0.25, 0.3) is 11.2 Å². The molecule has 1 fully saturated rings. The van der Waals surface area contributed by atoms with Crippen LogP contribution in [0, 0.1) is 21.8 Å². The topological polar surface area (TPSA) is 92.1 Å². The van der Waals surface area contributed by atoms with Crippen LogP contribution in [-0.2, 0) is 25.9 Å². The molecule has 8 heteroatoms. The second-order valence-corrected chi connectivity index (χ2v) is 7.08. The minimum atomic E-state index is -0.528. The molecular formula is C18H19FN4O3. The Kier molecular flexibility index (Phi) is 4.28. The van der Waals surface area contributed by atoms with E-state index in [4.69, 9.17) is 0 Å². The molecule has 0 radical (unpaired) electrons. The van der Waals surface area contributed by atoms with Crippen LogP contribution in [0.5, 0.6) is 0 Å². The number of nitro groups is 1. The first-order chi connectivity index (χ1) is 12.5. The van der Waals surface area contributed by atoms with E-state index in [0.29, 0.717) is 31.0 Å². The van der Waals surface area contributed by atoms with Crippen LogP contribution in [0.25, 0.3) is 0 Å². The number of hydrogen-bond acceptors (Lipinski definition) is 5. The van der Waals surface area contributed by atoms with Crippen LogP contribution in [0.15, 0.2) is 23.0 Å². The van der Waals surface area contributed by atoms with E-state index in [0.717, 1.165) is 30.1 Å². The van der Waals surface area contributed by atoms with Gasteiger partial charge in [-0.3, -0.25) is 19.8 Å². The molecule has 2 aliphatic rings. The van der Waals surface area contributed by atoms with Gasteiger partial charge in [0.1, 0.15) is 11.6 Å². The van der Waals surface area contributed by atoms with Crippen LogP contribution >= 0.6 is 0 Å². The van der Waals surface area contributed by atoms with Gasteiger partial charge in [-0.1, -0.05) is 0 Å². The molecular weight excluding hydrogens is 339 g/mol. The molecule has 1 aromatic carbocycles. The summed E-state index contributed by atoms with van der Waals surface area (Å²) in [5.41, 5.74) is 1.51. The molecule has 0 saturated heterocycles. The second-order valence-electron chi connectivity index (χ2n) is 7.08. The van der Waals surface area contributed by atoms with Crippen molar-refractivity contribution in [3.63, 3.8) is 0 Å². The molecule has 26 heavy (non-hydrogen) atoms. The average Bonchev–Trinajstić information content (AvgIpc) is 3.40. The van der Waals surface area contributed by atoms with E-state index in [2.05, 4.69) is 9.97 Å². The van der Waals surface area contributed by atoms with Crippen LogP contribution in [0.2, 0.25) is 0 Å². The number of non-ortho nitro benzene ring substituents is 1. The largest absolute Gasteiger partial charge is 0.310 e. The number of nitrogens with zero attached hydrogens (tertiary/aromatic N) is 3. The van der Waals surface area contributed by atoms with Crippen molar-refractivity contribution in [3.05, 3.63) is 67.1 Å². The second kappa shape index (κ2) is 6.60. The Morgan fingerprint density at radius 2 is 2.19 bits per heavy atom. The standard InChI is InChI=1S/C18H19FN4O3/c19-15-4-3-13(23(25)26)8-12(15)9-22-6-5-14-16(10-22)20-17(21-18(14)24)7-11-1-2-11/h3-4,8,11H,1-2,5-7,9-10H2,(H,20,21,24). The summed E-state index contributed by atoms with van der Waals surface area (Å²) in [6.07, 6.45) is 3.69. The monoisotopic (exact) mass is 358 g/mol. The third-order valence-corrected chi connectivity index (χ3v) is 5.01. The van der Waals surface area contributed by atoms with Gasteiger partial charge in [-0.25, -0.2) is 9.37 Å². The zero-order valence-corrected chi connectivity index (χ0v) is 14.2. The van der Waals surface area contributed by atoms with Crippen LogP contribution in [0.3, 0.4) is 0 Å². The molecule has 1 N–H and O–H groups in total. The van der Waals surface area contributed by atoms with Gasteiger partial charge in [0.05, 0.1) is 10.6 Å². The SMILES string of the molecule is O=c1[nH]c(CC2CC2)nc2c1CCN(Cc1cc([N+](=O)[O-])ccc1F)C2. The number of H-pyrrole nitrogens is 1. The first-order valence-electron chi connectivity index (χ1n) is 8.75. The van der Waals surface area contributed by atoms with Gasteiger partial charge in [-0.2, -0.15) is 0 Å². The summed E-state index contributed by atoms with van der Waals surface area (Å²) in [5.74, 6) is 0.879. The van der Waals surface area contributed by atoms with Gasteiger partial charge in [0.2, 0.25) is 0 Å². The molecule has 1 saturated carbocycles. The van der Waals surface area contributed by atoms with Crippen molar-refractivity contribution in [1.29, 1.82) is 0 Å². The van der Waals surface area contributed by atoms with Crippen molar-refractivity contribution in [2.75, 3.05) is 6.54 Å². The number of benzene rings is 1. The maximum atomic E-state index is 14.0. The number of fused-ring (bicyclic) bond motifs is 1. The first-order valence-corrected chi connectivity index (χ1v) is 8.75. The summed E-state index contributed by atoms with van der Waals surface area (Å²) in [6.45, 7) is 1.28. The summed E-state index contributed by atoms with van der Waals surface area (Å²) in [6, 6.07) is 3.56. The molecule has 0 unspecified atom stereocenters. The van der Waals surface area contributed by atoms with E-state index in [1.807, 2.05) is 4.90 Å². The Hall–Kier alpha value is -2.61. The fourth-order valence-electron chi connectivity index (χ4n) is 3.41. The van der Waals surface area contributed by atoms with E-state index in [1.165, 1.54) is 18.9 Å². The van der Waals surface area contributed by atoms with Crippen molar-refractivity contribution in [2.24, 2.45) is 5.92 Å². The van der Waals surface area contributed by atoms with Crippen LogP contribution in [0.4, 0.5) is 10.1 Å². The highest BCUT2D eigenvalue weighted by Gasteiger charge is 2.26. The van der Waals surface area contributed by atoms with Crippen LogP contribution in [0.1, 0.15) is 35.5 Å². The van der Waals surface area contributed by atoms with E-state index >= 15 is 0 Å². The number of aromatic nitrogens is 2. The Bertz CT molecular complexity index is 923. The van der Waals surface area contributed by atoms with Gasteiger partial charge in [-0.05, 0) is 31.2 Å². The third-order valence-electron chi connectivity index (χ3n) is 5.01. The highest BCUT2D eigenvalue weighted by atomic mass is 19.1. The molecule has 1 aliphatic carbocycles. The van der Waals surface area contributed by atoms with Crippen molar-refractivity contribution < 1.29 is 9.31 Å². The molecule has 0 bridgehead atoms. The fourth-order valence-corrected chi connectivity index (χ4v) is 3.41. The minimum Gasteiger partial charge on any atom is -0.310 e. The molecule has 0 spiro atoms. The van der Waals surface area contributed by atoms with Gasteiger partial charge in [0.15, 0.2) is 0 Å². The zero-order valence-electron chi connectivity index (χ0n) is 14.2. The highest BCUT2D eigenvalue weighted by Crippen LogP contribution is 2.31. The molecule has 136 valence electrons. The number of rotatable bonds is 5. The lowest BCUT2D eigenvalue weighted by molar-refractivity contribution is -0.385. The average molecular weight is 358 g/mol. The van der Waals surface area contributed by atoms with Crippen LogP contribution < -0.4 is 5.56 Å². The summed E-state index contributed by atoms with van der Waals surface area (Å²) in [5, 5.41) is 10.9. The smallest absolute Gasteiger partial charge is 0.269 e. The molecule has 7 nitrogen and oxygen atoms in total. The quantitative estimate of drug-likeness (QED) is 0.654. The van der Waals surface area contributed by atoms with Crippen LogP contribution in [-0.4, -0.2) is 26.3 Å². The van der Waals surface area contributed by atoms with Crippen molar-refractivity contribution >= 4 is 5.69 Å². The summed E-state index contributed by atoms with van der Waals surface area (Å²) < 4.78 is 14.0. The molecule has 1 aliphatic heterocycles. The molecule has 0 amide bonds. The maximum absolute atomic E-state index is 14.0. The van der Waals surface area contributed by atoms with Gasteiger partial charge < -0.3 is 4.98 Å². The molecule has 2 heterocycles. The lowest BCUT2D eigenvalue weighted by Gasteiger charge is -2.27. The number of hydrogen-bond donors (Lipinski definition) is 1. The predicted octanol–water partition coefficient (Wildman–Crippen LogP) is 2.33. The Morgan fingerprint density at radius 1 is 1.38 bits per heavy atom. The highest BCUT2D eigenvalue weighted by molar-refractivity contribution is 5.35. The maximum Gasteiger partial charge on any atom is 0.269 e. The Balaban J connectivity index is 1.54. The van der Waals surface area contributed by atoms with E-state index in [-0.39, 0.29) is 23.4 Å². The van der Waals surface area contributed by atoms with Gasteiger partial charge in [-0.15, -0.1) is 0 Å². The third kappa shape index (κ3) is 3.50. The molecule has 1 aromatic heterocycles. The van der Waals surface area contributed by atoms with Crippen molar-refractivity contribution in [2.45, 2.75) is 38.8 Å². The molecule has 4 rings (SSSR count). The first kappa shape index (κ1) is 16.8. The van der Waals surface area contributed by atoms with E-state index in [9.17, 15) is 19.3 Å². The lowest BCUT2D eigenvalue weighted by atomic mass is 10.0. The summed E-state index contributed by atoms with van der Waals surface area (Å²) in [7, 11) is 0. The predicted molar refractivity (Wildman–Crippen MR) is 92.2 cm³/mol. The lowest BCUT2D eigenvalue weighted by Crippen LogP contribution is -2.35. The Labute approximate surface area is 149 Å². The van der Waals surface area contributed by atoms with Crippen molar-refractivity contribution in [3.8, 4) is 0 Å². The fraction of sp³-hybridized carbons (Fsp3) is 0.444. The van der Waals surface area contributed by atoms with Crippen molar-refractivity contribution in [1.82, 2.24) is 14.9 Å².